The summed E-state index contributed by atoms with van der Waals surface area (Å²) < 4.78 is 0. The van der Waals surface area contributed by atoms with Crippen molar-refractivity contribution in [2.75, 3.05) is 6.54 Å². The maximum absolute atomic E-state index is 12.4. The summed E-state index contributed by atoms with van der Waals surface area (Å²) >= 11 is 0. The van der Waals surface area contributed by atoms with Gasteiger partial charge in [-0.05, 0) is 35.4 Å². The summed E-state index contributed by atoms with van der Waals surface area (Å²) in [6.07, 6.45) is 0. The van der Waals surface area contributed by atoms with Crippen LogP contribution in [0, 0.1) is 11.8 Å². The third-order valence-corrected chi connectivity index (χ3v) is 4.28. The smallest absolute Gasteiger partial charge is 0.316 e. The molecule has 0 bridgehead atoms. The molecule has 3 amide bonds. The molecule has 0 aliphatic heterocycles. The van der Waals surface area contributed by atoms with E-state index in [4.69, 9.17) is 5.73 Å². The van der Waals surface area contributed by atoms with Gasteiger partial charge in [0.05, 0.1) is 12.6 Å². The number of nitrogens with two attached hydrogens (primary N) is 1. The molecule has 3 aromatic rings. The van der Waals surface area contributed by atoms with Crippen molar-refractivity contribution in [2.24, 2.45) is 5.73 Å². The number of amides is 3. The molecule has 29 heavy (non-hydrogen) atoms. The van der Waals surface area contributed by atoms with Crippen molar-refractivity contribution < 1.29 is 9.59 Å². The second kappa shape index (κ2) is 9.77. The molecule has 0 saturated heterocycles. The Balaban J connectivity index is 1.60. The van der Waals surface area contributed by atoms with Crippen molar-refractivity contribution in [3.8, 4) is 11.8 Å². The number of carbonyl (C=O) groups excluding carboxylic acids is 2. The maximum Gasteiger partial charge on any atom is 0.316 e. The van der Waals surface area contributed by atoms with Gasteiger partial charge >= 0.3 is 6.03 Å². The Labute approximate surface area is 169 Å². The molecule has 0 heterocycles. The molecule has 0 aromatic heterocycles. The van der Waals surface area contributed by atoms with E-state index in [0.717, 1.165) is 16.7 Å². The standard InChI is InChI=1S/C24H21N3O2/c25-23(28)21-15-13-18(14-16-21)8-7-17-26-24(29)27-22(19-9-3-1-4-10-19)20-11-5-2-6-12-20/h1-6,9-16,22H,17H2,(H2,25,28)(H2,26,27,29). The lowest BCUT2D eigenvalue weighted by molar-refractivity contribution is 0.1000. The van der Waals surface area contributed by atoms with Crippen LogP contribution < -0.4 is 16.4 Å². The van der Waals surface area contributed by atoms with Crippen LogP contribution in [0.15, 0.2) is 84.9 Å². The van der Waals surface area contributed by atoms with Gasteiger partial charge in [0.2, 0.25) is 5.91 Å². The van der Waals surface area contributed by atoms with Crippen molar-refractivity contribution in [1.29, 1.82) is 0 Å². The van der Waals surface area contributed by atoms with Gasteiger partial charge in [-0.1, -0.05) is 72.5 Å². The lowest BCUT2D eigenvalue weighted by Crippen LogP contribution is -2.38. The summed E-state index contributed by atoms with van der Waals surface area (Å²) in [7, 11) is 0. The second-order valence-electron chi connectivity index (χ2n) is 6.32. The first-order chi connectivity index (χ1) is 14.1. The van der Waals surface area contributed by atoms with Gasteiger partial charge in [-0.2, -0.15) is 0 Å². The van der Waals surface area contributed by atoms with Crippen molar-refractivity contribution >= 4 is 11.9 Å². The normalized spacial score (nSPS) is 9.97. The van der Waals surface area contributed by atoms with Gasteiger partial charge in [-0.15, -0.1) is 0 Å². The molecule has 0 aliphatic carbocycles. The highest BCUT2D eigenvalue weighted by Gasteiger charge is 2.15. The van der Waals surface area contributed by atoms with Gasteiger partial charge in [-0.25, -0.2) is 4.79 Å². The number of primary amides is 1. The maximum atomic E-state index is 12.4. The predicted molar refractivity (Wildman–Crippen MR) is 113 cm³/mol. The fourth-order valence-corrected chi connectivity index (χ4v) is 2.82. The minimum Gasteiger partial charge on any atom is -0.366 e. The molecule has 0 radical (unpaired) electrons. The first-order valence-corrected chi connectivity index (χ1v) is 9.16. The first kappa shape index (κ1) is 19.7. The van der Waals surface area contributed by atoms with E-state index in [-0.39, 0.29) is 18.6 Å². The fraction of sp³-hybridized carbons (Fsp3) is 0.0833. The molecule has 4 N–H and O–H groups in total. The number of benzene rings is 3. The Bertz CT molecular complexity index is 981. The van der Waals surface area contributed by atoms with E-state index in [2.05, 4.69) is 22.5 Å². The number of rotatable bonds is 5. The molecule has 144 valence electrons. The van der Waals surface area contributed by atoms with Crippen LogP contribution in [-0.2, 0) is 0 Å². The molecular formula is C24H21N3O2. The molecule has 0 saturated carbocycles. The number of hydrogen-bond acceptors (Lipinski definition) is 2. The van der Waals surface area contributed by atoms with Crippen LogP contribution in [0.4, 0.5) is 4.79 Å². The average molecular weight is 383 g/mol. The molecule has 0 unspecified atom stereocenters. The highest BCUT2D eigenvalue weighted by Crippen LogP contribution is 2.21. The van der Waals surface area contributed by atoms with Crippen LogP contribution in [0.1, 0.15) is 33.1 Å². The first-order valence-electron chi connectivity index (χ1n) is 9.16. The van der Waals surface area contributed by atoms with Crippen LogP contribution in [0.25, 0.3) is 0 Å². The molecular weight excluding hydrogens is 362 g/mol. The fourth-order valence-electron chi connectivity index (χ4n) is 2.82. The summed E-state index contributed by atoms with van der Waals surface area (Å²) in [4.78, 5) is 23.5. The summed E-state index contributed by atoms with van der Waals surface area (Å²) in [5.74, 6) is 5.36. The molecule has 0 fully saturated rings. The molecule has 0 aliphatic rings. The Kier molecular flexibility index (Phi) is 6.64. The summed E-state index contributed by atoms with van der Waals surface area (Å²) in [6, 6.07) is 25.7. The summed E-state index contributed by atoms with van der Waals surface area (Å²) in [5, 5.41) is 5.75. The molecule has 3 aromatic carbocycles. The van der Waals surface area contributed by atoms with E-state index in [1.54, 1.807) is 24.3 Å². The van der Waals surface area contributed by atoms with Gasteiger partial charge in [0, 0.05) is 11.1 Å². The number of nitrogens with one attached hydrogen (secondary N) is 2. The highest BCUT2D eigenvalue weighted by atomic mass is 16.2. The lowest BCUT2D eigenvalue weighted by atomic mass is 9.99. The molecule has 5 nitrogen and oxygen atoms in total. The van der Waals surface area contributed by atoms with Gasteiger partial charge in [0.15, 0.2) is 0 Å². The zero-order chi connectivity index (χ0) is 20.5. The largest absolute Gasteiger partial charge is 0.366 e. The average Bonchev–Trinajstić information content (AvgIpc) is 2.76. The molecule has 0 atom stereocenters. The second-order valence-corrected chi connectivity index (χ2v) is 6.32. The van der Waals surface area contributed by atoms with Crippen molar-refractivity contribution in [2.45, 2.75) is 6.04 Å². The van der Waals surface area contributed by atoms with E-state index in [1.807, 2.05) is 60.7 Å². The molecule has 0 spiro atoms. The van der Waals surface area contributed by atoms with Crippen LogP contribution >= 0.6 is 0 Å². The van der Waals surface area contributed by atoms with Gasteiger partial charge in [-0.3, -0.25) is 4.79 Å². The van der Waals surface area contributed by atoms with Gasteiger partial charge < -0.3 is 16.4 Å². The highest BCUT2D eigenvalue weighted by molar-refractivity contribution is 5.92. The minimum atomic E-state index is -0.478. The lowest BCUT2D eigenvalue weighted by Gasteiger charge is -2.19. The SMILES string of the molecule is NC(=O)c1ccc(C#CCNC(=O)NC(c2ccccc2)c2ccccc2)cc1. The van der Waals surface area contributed by atoms with E-state index in [1.165, 1.54) is 0 Å². The van der Waals surface area contributed by atoms with E-state index >= 15 is 0 Å². The monoisotopic (exact) mass is 383 g/mol. The Morgan fingerprint density at radius 1 is 0.828 bits per heavy atom. The van der Waals surface area contributed by atoms with Crippen molar-refractivity contribution in [1.82, 2.24) is 10.6 Å². The van der Waals surface area contributed by atoms with E-state index < -0.39 is 5.91 Å². The van der Waals surface area contributed by atoms with Gasteiger partial charge in [0.1, 0.15) is 0 Å². The predicted octanol–water partition coefficient (Wildman–Crippen LogP) is 3.23. The van der Waals surface area contributed by atoms with E-state index in [9.17, 15) is 9.59 Å². The van der Waals surface area contributed by atoms with Gasteiger partial charge in [0.25, 0.3) is 0 Å². The third kappa shape index (κ3) is 5.72. The van der Waals surface area contributed by atoms with Crippen molar-refractivity contribution in [3.05, 3.63) is 107 Å². The topological polar surface area (TPSA) is 84.2 Å². The number of carbonyl (C=O) groups is 2. The Morgan fingerprint density at radius 2 is 1.38 bits per heavy atom. The summed E-state index contributed by atoms with van der Waals surface area (Å²) in [5.41, 5.74) is 8.37. The van der Waals surface area contributed by atoms with E-state index in [0.29, 0.717) is 5.56 Å². The number of urea groups is 1. The Morgan fingerprint density at radius 3 is 1.90 bits per heavy atom. The zero-order valence-electron chi connectivity index (χ0n) is 15.8. The molecule has 5 heteroatoms. The molecule has 3 rings (SSSR count). The van der Waals surface area contributed by atoms with Crippen LogP contribution in [0.3, 0.4) is 0 Å². The Hall–Kier alpha value is -4.04. The van der Waals surface area contributed by atoms with Crippen LogP contribution in [0.5, 0.6) is 0 Å². The third-order valence-electron chi connectivity index (χ3n) is 4.28. The summed E-state index contributed by atoms with van der Waals surface area (Å²) in [6.45, 7) is 0.194. The van der Waals surface area contributed by atoms with Crippen molar-refractivity contribution in [3.63, 3.8) is 0 Å². The number of hydrogen-bond donors (Lipinski definition) is 3. The quantitative estimate of drug-likeness (QED) is 0.591. The van der Waals surface area contributed by atoms with Crippen LogP contribution in [0.2, 0.25) is 0 Å². The zero-order valence-corrected chi connectivity index (χ0v) is 15.8. The minimum absolute atomic E-state index is 0.194. The van der Waals surface area contributed by atoms with Crippen LogP contribution in [-0.4, -0.2) is 18.5 Å².